The maximum atomic E-state index is 12.6. The van der Waals surface area contributed by atoms with E-state index in [2.05, 4.69) is 10.3 Å². The van der Waals surface area contributed by atoms with Gasteiger partial charge in [0.25, 0.3) is 5.91 Å². The second kappa shape index (κ2) is 9.01. The molecule has 0 spiro atoms. The maximum absolute atomic E-state index is 12.6. The highest BCUT2D eigenvalue weighted by Gasteiger charge is 2.22. The number of amides is 1. The van der Waals surface area contributed by atoms with Gasteiger partial charge >= 0.3 is 5.97 Å². The molecular formula is C23H25N3O6. The number of carboxylic acid groups (broad SMARTS) is 1. The SMILES string of the molecule is Cc1nc2cccc(OC[C@@H](NC(=O)c3cc(O)cc(O)c3)C(C)C)c2c(N)c1C(=O)O. The van der Waals surface area contributed by atoms with Crippen LogP contribution in [0.1, 0.15) is 40.3 Å². The van der Waals surface area contributed by atoms with Crippen molar-refractivity contribution >= 4 is 28.5 Å². The molecule has 2 aromatic carbocycles. The van der Waals surface area contributed by atoms with Crippen molar-refractivity contribution in [1.82, 2.24) is 10.3 Å². The number of phenols is 2. The number of hydrogen-bond acceptors (Lipinski definition) is 7. The van der Waals surface area contributed by atoms with E-state index in [1.54, 1.807) is 25.1 Å². The van der Waals surface area contributed by atoms with Crippen LogP contribution < -0.4 is 15.8 Å². The van der Waals surface area contributed by atoms with E-state index in [1.165, 1.54) is 12.1 Å². The van der Waals surface area contributed by atoms with Crippen molar-refractivity contribution in [1.29, 1.82) is 0 Å². The monoisotopic (exact) mass is 439 g/mol. The first-order chi connectivity index (χ1) is 15.1. The van der Waals surface area contributed by atoms with E-state index < -0.39 is 17.9 Å². The molecule has 0 unspecified atom stereocenters. The quantitative estimate of drug-likeness (QED) is 0.376. The van der Waals surface area contributed by atoms with Crippen molar-refractivity contribution in [3.05, 3.63) is 53.2 Å². The Morgan fingerprint density at radius 2 is 1.81 bits per heavy atom. The van der Waals surface area contributed by atoms with E-state index in [0.717, 1.165) is 6.07 Å². The van der Waals surface area contributed by atoms with E-state index in [4.69, 9.17) is 10.5 Å². The average molecular weight is 439 g/mol. The molecule has 3 aromatic rings. The fraction of sp³-hybridized carbons (Fsp3) is 0.261. The van der Waals surface area contributed by atoms with Gasteiger partial charge in [-0.2, -0.15) is 0 Å². The molecule has 0 aliphatic heterocycles. The highest BCUT2D eigenvalue weighted by atomic mass is 16.5. The number of carboxylic acids is 1. The number of benzene rings is 2. The van der Waals surface area contributed by atoms with E-state index in [-0.39, 0.29) is 40.8 Å². The first-order valence-electron chi connectivity index (χ1n) is 9.97. The largest absolute Gasteiger partial charge is 0.508 e. The van der Waals surface area contributed by atoms with Crippen LogP contribution in [0.4, 0.5) is 5.69 Å². The number of aromatic nitrogens is 1. The summed E-state index contributed by atoms with van der Waals surface area (Å²) in [6.45, 7) is 5.46. The van der Waals surface area contributed by atoms with E-state index in [1.807, 2.05) is 13.8 Å². The molecule has 6 N–H and O–H groups in total. The summed E-state index contributed by atoms with van der Waals surface area (Å²) in [7, 11) is 0. The number of nitrogen functional groups attached to an aromatic ring is 1. The number of fused-ring (bicyclic) bond motifs is 1. The number of aromatic hydroxyl groups is 2. The van der Waals surface area contributed by atoms with Gasteiger partial charge in [0, 0.05) is 11.6 Å². The molecule has 9 heteroatoms. The number of ether oxygens (including phenoxy) is 1. The van der Waals surface area contributed by atoms with Crippen LogP contribution in [-0.2, 0) is 0 Å². The van der Waals surface area contributed by atoms with Gasteiger partial charge in [0.2, 0.25) is 0 Å². The van der Waals surface area contributed by atoms with Crippen molar-refractivity contribution in [3.63, 3.8) is 0 Å². The summed E-state index contributed by atoms with van der Waals surface area (Å²) >= 11 is 0. The van der Waals surface area contributed by atoms with Crippen LogP contribution in [0.2, 0.25) is 0 Å². The van der Waals surface area contributed by atoms with Gasteiger partial charge in [-0.05, 0) is 37.1 Å². The summed E-state index contributed by atoms with van der Waals surface area (Å²) in [6.07, 6.45) is 0. The normalized spacial score (nSPS) is 12.0. The molecule has 0 aliphatic carbocycles. The lowest BCUT2D eigenvalue weighted by molar-refractivity contribution is 0.0696. The molecule has 0 fully saturated rings. The minimum Gasteiger partial charge on any atom is -0.508 e. The van der Waals surface area contributed by atoms with E-state index in [9.17, 15) is 24.9 Å². The van der Waals surface area contributed by atoms with Gasteiger partial charge in [0.15, 0.2) is 0 Å². The average Bonchev–Trinajstić information content (AvgIpc) is 2.69. The Kier molecular flexibility index (Phi) is 6.38. The van der Waals surface area contributed by atoms with Gasteiger partial charge < -0.3 is 31.1 Å². The molecule has 0 bridgehead atoms. The van der Waals surface area contributed by atoms with Crippen molar-refractivity contribution in [2.75, 3.05) is 12.3 Å². The lowest BCUT2D eigenvalue weighted by atomic mass is 10.0. The number of pyridine rings is 1. The number of hydrogen-bond donors (Lipinski definition) is 5. The molecule has 1 heterocycles. The minimum absolute atomic E-state index is 0.0212. The number of aryl methyl sites for hydroxylation is 1. The third-order valence-corrected chi connectivity index (χ3v) is 5.11. The summed E-state index contributed by atoms with van der Waals surface area (Å²) in [4.78, 5) is 28.6. The number of nitrogens with zero attached hydrogens (tertiary/aromatic N) is 1. The number of nitrogens with one attached hydrogen (secondary N) is 1. The van der Waals surface area contributed by atoms with E-state index in [0.29, 0.717) is 22.3 Å². The Morgan fingerprint density at radius 3 is 2.41 bits per heavy atom. The Morgan fingerprint density at radius 1 is 1.16 bits per heavy atom. The molecule has 0 radical (unpaired) electrons. The second-order valence-electron chi connectivity index (χ2n) is 7.81. The molecule has 1 amide bonds. The third-order valence-electron chi connectivity index (χ3n) is 5.11. The summed E-state index contributed by atoms with van der Waals surface area (Å²) in [5.41, 5.74) is 7.06. The first-order valence-corrected chi connectivity index (χ1v) is 9.97. The molecule has 0 aliphatic rings. The lowest BCUT2D eigenvalue weighted by Gasteiger charge is -2.23. The fourth-order valence-electron chi connectivity index (χ4n) is 3.39. The topological polar surface area (TPSA) is 155 Å². The van der Waals surface area contributed by atoms with Gasteiger partial charge in [0.1, 0.15) is 29.4 Å². The number of rotatable bonds is 7. The zero-order valence-electron chi connectivity index (χ0n) is 17.9. The van der Waals surface area contributed by atoms with Crippen LogP contribution in [-0.4, -0.2) is 44.8 Å². The third kappa shape index (κ3) is 4.66. The highest BCUT2D eigenvalue weighted by Crippen LogP contribution is 2.33. The van der Waals surface area contributed by atoms with E-state index >= 15 is 0 Å². The molecule has 0 saturated carbocycles. The summed E-state index contributed by atoms with van der Waals surface area (Å²) < 4.78 is 5.96. The fourth-order valence-corrected chi connectivity index (χ4v) is 3.39. The van der Waals surface area contributed by atoms with Gasteiger partial charge in [0.05, 0.1) is 28.3 Å². The van der Waals surface area contributed by atoms with Gasteiger partial charge in [-0.25, -0.2) is 4.79 Å². The van der Waals surface area contributed by atoms with Crippen LogP contribution >= 0.6 is 0 Å². The number of nitrogens with two attached hydrogens (primary N) is 1. The Balaban J connectivity index is 1.87. The van der Waals surface area contributed by atoms with Gasteiger partial charge in [-0.1, -0.05) is 19.9 Å². The first kappa shape index (κ1) is 22.7. The standard InChI is InChI=1S/C23H25N3O6/c1-11(2)17(26-22(29)13-7-14(27)9-15(28)8-13)10-32-18-6-4-5-16-20(18)21(24)19(23(30)31)12(3)25-16/h4-9,11,17,27-28H,10H2,1-3H3,(H2,24,25)(H,26,29)(H,30,31)/t17-/m1/s1. The van der Waals surface area contributed by atoms with Crippen molar-refractivity contribution in [3.8, 4) is 17.2 Å². The maximum Gasteiger partial charge on any atom is 0.339 e. The Hall–Kier alpha value is -4.01. The van der Waals surface area contributed by atoms with Crippen LogP contribution in [0.5, 0.6) is 17.2 Å². The Bertz CT molecular complexity index is 1170. The summed E-state index contributed by atoms with van der Waals surface area (Å²) in [5, 5.41) is 32.0. The molecule has 168 valence electrons. The van der Waals surface area contributed by atoms with Crippen LogP contribution in [0.15, 0.2) is 36.4 Å². The number of anilines is 1. The summed E-state index contributed by atoms with van der Waals surface area (Å²) in [5.74, 6) is -1.78. The number of carbonyl (C=O) groups excluding carboxylic acids is 1. The summed E-state index contributed by atoms with van der Waals surface area (Å²) in [6, 6.07) is 8.30. The highest BCUT2D eigenvalue weighted by molar-refractivity contribution is 6.06. The van der Waals surface area contributed by atoms with Crippen molar-refractivity contribution < 1.29 is 29.6 Å². The number of carbonyl (C=O) groups is 2. The number of phenolic OH excluding ortho intramolecular Hbond substituents is 2. The Labute approximate surface area is 184 Å². The molecular weight excluding hydrogens is 414 g/mol. The lowest BCUT2D eigenvalue weighted by Crippen LogP contribution is -2.42. The zero-order chi connectivity index (χ0) is 23.6. The second-order valence-corrected chi connectivity index (χ2v) is 7.81. The van der Waals surface area contributed by atoms with Crippen LogP contribution in [0.3, 0.4) is 0 Å². The van der Waals surface area contributed by atoms with Crippen molar-refractivity contribution in [2.24, 2.45) is 5.92 Å². The predicted octanol–water partition coefficient (Wildman–Crippen LogP) is 3.07. The molecule has 32 heavy (non-hydrogen) atoms. The van der Waals surface area contributed by atoms with Gasteiger partial charge in [-0.3, -0.25) is 9.78 Å². The molecule has 0 saturated heterocycles. The minimum atomic E-state index is -1.18. The zero-order valence-corrected chi connectivity index (χ0v) is 17.9. The molecule has 1 atom stereocenters. The van der Waals surface area contributed by atoms with Gasteiger partial charge in [-0.15, -0.1) is 0 Å². The molecule has 1 aromatic heterocycles. The van der Waals surface area contributed by atoms with Crippen LogP contribution in [0.25, 0.3) is 10.9 Å². The number of aromatic carboxylic acids is 1. The smallest absolute Gasteiger partial charge is 0.339 e. The predicted molar refractivity (Wildman–Crippen MR) is 119 cm³/mol. The van der Waals surface area contributed by atoms with Crippen LogP contribution in [0, 0.1) is 12.8 Å². The molecule has 9 nitrogen and oxygen atoms in total. The molecule has 3 rings (SSSR count). The van der Waals surface area contributed by atoms with Crippen molar-refractivity contribution in [2.45, 2.75) is 26.8 Å².